The second-order valence-electron chi connectivity index (χ2n) is 19.7. The Balaban J connectivity index is 0.000000226. The standard InChI is InChI=1S/C25H32O.C25H32.C2H6/c1-15-13-19-20(23(15)26)14-21(25(6,7)8)16(2)22(19)17-9-11-18(12-10-17)24(3,4)5;1-16-13-19-15-22(25(6,7)8)17(2)23(21(19)14-16)18-9-11-20(12-10-18)24(3,4)5;1-2/h9-12,14-15H,13H2,1-8H3;9-13,15H,14H2,1-8H3;1-2H3. The van der Waals surface area contributed by atoms with Gasteiger partial charge in [0.25, 0.3) is 0 Å². The maximum absolute atomic E-state index is 12.8. The summed E-state index contributed by atoms with van der Waals surface area (Å²) >= 11 is 0. The number of benzene rings is 4. The first-order chi connectivity index (χ1) is 24.4. The first-order valence-electron chi connectivity index (χ1n) is 20.2. The van der Waals surface area contributed by atoms with E-state index in [4.69, 9.17) is 0 Å². The number of carbonyl (C=O) groups excluding carboxylic acids is 1. The molecule has 0 bridgehead atoms. The number of Topliss-reactive ketones (excluding diaryl/α,β-unsaturated/α-hetero) is 1. The number of ketones is 1. The Hall–Kier alpha value is -3.71. The van der Waals surface area contributed by atoms with Crippen LogP contribution in [-0.2, 0) is 34.5 Å². The van der Waals surface area contributed by atoms with Gasteiger partial charge in [-0.15, -0.1) is 0 Å². The Bertz CT molecular complexity index is 1980. The van der Waals surface area contributed by atoms with Gasteiger partial charge in [0.15, 0.2) is 5.78 Å². The molecule has 0 radical (unpaired) electrons. The monoisotopic (exact) mass is 711 g/mol. The van der Waals surface area contributed by atoms with E-state index in [1.54, 1.807) is 0 Å². The second-order valence-corrected chi connectivity index (χ2v) is 19.7. The Kier molecular flexibility index (Phi) is 12.1. The molecule has 0 fully saturated rings. The van der Waals surface area contributed by atoms with Crippen molar-refractivity contribution >= 4 is 11.9 Å². The minimum Gasteiger partial charge on any atom is -0.294 e. The Morgan fingerprint density at radius 1 is 0.547 bits per heavy atom. The van der Waals surface area contributed by atoms with Crippen LogP contribution in [0.25, 0.3) is 28.3 Å². The van der Waals surface area contributed by atoms with E-state index in [2.05, 4.69) is 178 Å². The van der Waals surface area contributed by atoms with Crippen molar-refractivity contribution in [1.82, 2.24) is 0 Å². The van der Waals surface area contributed by atoms with Crippen molar-refractivity contribution < 1.29 is 4.79 Å². The fraction of sp³-hybridized carbons (Fsp3) is 0.481. The number of rotatable bonds is 2. The van der Waals surface area contributed by atoms with Gasteiger partial charge in [0, 0.05) is 11.5 Å². The summed E-state index contributed by atoms with van der Waals surface area (Å²) in [5, 5.41) is 0. The topological polar surface area (TPSA) is 17.1 Å². The molecular formula is C52H70O. The molecule has 1 nitrogen and oxygen atoms in total. The van der Waals surface area contributed by atoms with E-state index in [0.717, 1.165) is 18.4 Å². The maximum Gasteiger partial charge on any atom is 0.166 e. The summed E-state index contributed by atoms with van der Waals surface area (Å²) < 4.78 is 0. The summed E-state index contributed by atoms with van der Waals surface area (Å²) in [6, 6.07) is 22.8. The molecule has 4 aromatic carbocycles. The molecule has 1 unspecified atom stereocenters. The number of hydrogen-bond donors (Lipinski definition) is 0. The second kappa shape index (κ2) is 15.2. The summed E-state index contributed by atoms with van der Waals surface area (Å²) in [5.41, 5.74) is 20.7. The highest BCUT2D eigenvalue weighted by molar-refractivity contribution is 6.04. The predicted molar refractivity (Wildman–Crippen MR) is 234 cm³/mol. The zero-order valence-corrected chi connectivity index (χ0v) is 36.8. The molecule has 0 N–H and O–H groups in total. The minimum absolute atomic E-state index is 0.0192. The van der Waals surface area contributed by atoms with Crippen LogP contribution in [-0.4, -0.2) is 5.78 Å². The normalized spacial score (nSPS) is 15.5. The van der Waals surface area contributed by atoms with E-state index >= 15 is 0 Å². The third kappa shape index (κ3) is 8.82. The van der Waals surface area contributed by atoms with Gasteiger partial charge in [-0.1, -0.05) is 170 Å². The lowest BCUT2D eigenvalue weighted by molar-refractivity contribution is 0.0946. The van der Waals surface area contributed by atoms with Crippen molar-refractivity contribution in [3.8, 4) is 22.3 Å². The van der Waals surface area contributed by atoms with E-state index in [9.17, 15) is 4.79 Å². The minimum atomic E-state index is 0.0192. The molecule has 2 aliphatic carbocycles. The molecule has 53 heavy (non-hydrogen) atoms. The molecule has 0 spiro atoms. The van der Waals surface area contributed by atoms with Crippen LogP contribution in [0.3, 0.4) is 0 Å². The largest absolute Gasteiger partial charge is 0.294 e. The van der Waals surface area contributed by atoms with Gasteiger partial charge < -0.3 is 0 Å². The Morgan fingerprint density at radius 2 is 0.943 bits per heavy atom. The third-order valence-corrected chi connectivity index (χ3v) is 11.2. The first kappa shape index (κ1) is 42.0. The predicted octanol–water partition coefficient (Wildman–Crippen LogP) is 14.9. The number of allylic oxidation sites excluding steroid dienone is 1. The highest BCUT2D eigenvalue weighted by Gasteiger charge is 2.33. The smallest absolute Gasteiger partial charge is 0.166 e. The zero-order valence-electron chi connectivity index (χ0n) is 36.8. The summed E-state index contributed by atoms with van der Waals surface area (Å²) in [6.07, 6.45) is 4.31. The van der Waals surface area contributed by atoms with Crippen molar-refractivity contribution in [2.75, 3.05) is 0 Å². The average molecular weight is 711 g/mol. The van der Waals surface area contributed by atoms with E-state index in [1.807, 2.05) is 13.8 Å². The highest BCUT2D eigenvalue weighted by atomic mass is 16.1. The fourth-order valence-electron chi connectivity index (χ4n) is 8.32. The van der Waals surface area contributed by atoms with Crippen LogP contribution in [0.5, 0.6) is 0 Å². The van der Waals surface area contributed by atoms with Crippen molar-refractivity contribution in [1.29, 1.82) is 0 Å². The molecule has 2 aliphatic rings. The van der Waals surface area contributed by atoms with Crippen molar-refractivity contribution in [3.05, 3.63) is 122 Å². The van der Waals surface area contributed by atoms with Crippen LogP contribution in [0.15, 0.2) is 66.2 Å². The van der Waals surface area contributed by atoms with Gasteiger partial charge in [0.05, 0.1) is 0 Å². The van der Waals surface area contributed by atoms with Crippen molar-refractivity contribution in [2.24, 2.45) is 5.92 Å². The molecule has 0 aliphatic heterocycles. The average Bonchev–Trinajstić information content (AvgIpc) is 3.56. The van der Waals surface area contributed by atoms with Crippen LogP contribution in [0.2, 0.25) is 0 Å². The molecule has 0 aromatic heterocycles. The lowest BCUT2D eigenvalue weighted by atomic mass is 9.78. The molecule has 6 rings (SSSR count). The molecule has 284 valence electrons. The maximum atomic E-state index is 12.8. The zero-order chi connectivity index (χ0) is 40.0. The van der Waals surface area contributed by atoms with E-state index in [0.29, 0.717) is 5.78 Å². The molecule has 1 heteroatoms. The fourth-order valence-corrected chi connectivity index (χ4v) is 8.32. The summed E-state index contributed by atoms with van der Waals surface area (Å²) in [6.45, 7) is 40.0. The first-order valence-corrected chi connectivity index (χ1v) is 20.2. The van der Waals surface area contributed by atoms with Crippen LogP contribution in [0, 0.1) is 19.8 Å². The number of carbonyl (C=O) groups is 1. The molecule has 0 saturated carbocycles. The lowest BCUT2D eigenvalue weighted by Crippen LogP contribution is -2.16. The summed E-state index contributed by atoms with van der Waals surface area (Å²) in [4.78, 5) is 12.8. The van der Waals surface area contributed by atoms with E-state index in [-0.39, 0.29) is 27.6 Å². The van der Waals surface area contributed by atoms with Gasteiger partial charge in [-0.3, -0.25) is 4.79 Å². The SMILES string of the molecule is CC.CC1=Cc2cc(C(C)(C)C)c(C)c(-c3ccc(C(C)(C)C)cc3)c2C1.Cc1c(C(C)(C)C)cc2c(c1-c1ccc(C(C)(C)C)cc1)CC(C)C2=O. The van der Waals surface area contributed by atoms with Gasteiger partial charge in [0.1, 0.15) is 0 Å². The van der Waals surface area contributed by atoms with Gasteiger partial charge in [-0.05, 0) is 134 Å². The Morgan fingerprint density at radius 3 is 1.34 bits per heavy atom. The van der Waals surface area contributed by atoms with Gasteiger partial charge in [-0.25, -0.2) is 0 Å². The molecule has 4 aromatic rings. The van der Waals surface area contributed by atoms with Crippen molar-refractivity contribution in [2.45, 2.75) is 159 Å². The third-order valence-electron chi connectivity index (χ3n) is 11.2. The van der Waals surface area contributed by atoms with Crippen LogP contribution < -0.4 is 0 Å². The van der Waals surface area contributed by atoms with E-state index in [1.165, 1.54) is 77.9 Å². The van der Waals surface area contributed by atoms with Crippen LogP contribution in [0.4, 0.5) is 0 Å². The molecular weight excluding hydrogens is 641 g/mol. The van der Waals surface area contributed by atoms with Crippen LogP contribution >= 0.6 is 0 Å². The Labute approximate surface area is 324 Å². The molecule has 0 amide bonds. The summed E-state index contributed by atoms with van der Waals surface area (Å²) in [7, 11) is 0. The lowest BCUT2D eigenvalue weighted by Gasteiger charge is -2.26. The van der Waals surface area contributed by atoms with Crippen molar-refractivity contribution in [3.63, 3.8) is 0 Å². The molecule has 1 atom stereocenters. The van der Waals surface area contributed by atoms with Gasteiger partial charge in [-0.2, -0.15) is 0 Å². The van der Waals surface area contributed by atoms with Crippen LogP contribution in [0.1, 0.15) is 171 Å². The highest BCUT2D eigenvalue weighted by Crippen LogP contribution is 2.44. The number of fused-ring (bicyclic) bond motifs is 2. The van der Waals surface area contributed by atoms with Gasteiger partial charge >= 0.3 is 0 Å². The van der Waals surface area contributed by atoms with Gasteiger partial charge in [0.2, 0.25) is 0 Å². The summed E-state index contributed by atoms with van der Waals surface area (Å²) in [5.74, 6) is 0.394. The molecule has 0 saturated heterocycles. The number of hydrogen-bond acceptors (Lipinski definition) is 1. The quantitative estimate of drug-likeness (QED) is 0.202. The van der Waals surface area contributed by atoms with E-state index < -0.39 is 0 Å². The molecule has 0 heterocycles.